The molecule has 0 amide bonds. The molecule has 1 rings (SSSR count). The molecule has 2 unspecified atom stereocenters. The summed E-state index contributed by atoms with van der Waals surface area (Å²) in [6, 6.07) is 0.473. The lowest BCUT2D eigenvalue weighted by Gasteiger charge is -2.37. The van der Waals surface area contributed by atoms with Crippen molar-refractivity contribution in [2.75, 3.05) is 13.1 Å². The number of hydrogen-bond acceptors (Lipinski definition) is 2. The Morgan fingerprint density at radius 2 is 2.09 bits per heavy atom. The van der Waals surface area contributed by atoms with Gasteiger partial charge in [0, 0.05) is 19.1 Å². The minimum atomic E-state index is 0.0485. The Balaban J connectivity index is 2.47. The Bertz CT molecular complexity index is 130. The second-order valence-electron chi connectivity index (χ2n) is 3.10. The summed E-state index contributed by atoms with van der Waals surface area (Å²) in [6.07, 6.45) is 0. The fourth-order valence-corrected chi connectivity index (χ4v) is 1.88. The number of nitrogens with one attached hydrogen (secondary N) is 1. The third-order valence-corrected chi connectivity index (χ3v) is 2.60. The van der Waals surface area contributed by atoms with Gasteiger partial charge < -0.3 is 0 Å². The largest absolute Gasteiger partial charge is 0.297 e. The van der Waals surface area contributed by atoms with Crippen molar-refractivity contribution in [2.45, 2.75) is 30.9 Å². The van der Waals surface area contributed by atoms with Gasteiger partial charge in [-0.3, -0.25) is 10.2 Å². The molecule has 0 aromatic rings. The van der Waals surface area contributed by atoms with Gasteiger partial charge in [0.1, 0.15) is 0 Å². The lowest BCUT2D eigenvalue weighted by Crippen LogP contribution is -2.54. The smallest absolute Gasteiger partial charge is 0.0980 e. The van der Waals surface area contributed by atoms with Crippen LogP contribution in [0, 0.1) is 0 Å². The van der Waals surface area contributed by atoms with Crippen molar-refractivity contribution in [2.24, 2.45) is 0 Å². The molecule has 1 N–H and O–H groups in total. The first kappa shape index (κ1) is 9.59. The second kappa shape index (κ2) is 3.94. The van der Waals surface area contributed by atoms with Gasteiger partial charge in [-0.25, -0.2) is 0 Å². The minimum Gasteiger partial charge on any atom is -0.297 e. The van der Waals surface area contributed by atoms with Crippen molar-refractivity contribution in [3.8, 4) is 0 Å². The highest BCUT2D eigenvalue weighted by Crippen LogP contribution is 2.15. The molecule has 66 valence electrons. The van der Waals surface area contributed by atoms with Crippen molar-refractivity contribution in [3.63, 3.8) is 0 Å². The van der Waals surface area contributed by atoms with E-state index in [1.54, 1.807) is 0 Å². The Morgan fingerprint density at radius 1 is 1.45 bits per heavy atom. The Kier molecular flexibility index (Phi) is 3.44. The Labute approximate surface area is 77.8 Å². The van der Waals surface area contributed by atoms with Crippen molar-refractivity contribution in [1.82, 2.24) is 10.2 Å². The normalized spacial score (nSPS) is 34.6. The van der Waals surface area contributed by atoms with Crippen LogP contribution in [0.5, 0.6) is 0 Å². The van der Waals surface area contributed by atoms with Gasteiger partial charge in [0.15, 0.2) is 0 Å². The van der Waals surface area contributed by atoms with Crippen LogP contribution in [0.25, 0.3) is 0 Å². The molecular weight excluding hydrogens is 183 g/mol. The van der Waals surface area contributed by atoms with E-state index in [-0.39, 0.29) is 11.0 Å². The van der Waals surface area contributed by atoms with Crippen molar-refractivity contribution < 1.29 is 0 Å². The van der Waals surface area contributed by atoms with Crippen LogP contribution < -0.4 is 5.32 Å². The van der Waals surface area contributed by atoms with Crippen LogP contribution in [-0.2, 0) is 0 Å². The molecule has 4 heteroatoms. The fourth-order valence-electron chi connectivity index (χ4n) is 1.24. The highest BCUT2D eigenvalue weighted by atomic mass is 35.5. The predicted molar refractivity (Wildman–Crippen MR) is 49.1 cm³/mol. The molecule has 2 atom stereocenters. The minimum absolute atomic E-state index is 0.0485. The van der Waals surface area contributed by atoms with Crippen LogP contribution in [-0.4, -0.2) is 35.0 Å². The number of alkyl halides is 2. The van der Waals surface area contributed by atoms with E-state index in [0.29, 0.717) is 6.04 Å². The molecule has 1 aliphatic heterocycles. The van der Waals surface area contributed by atoms with E-state index >= 15 is 0 Å². The molecule has 1 saturated heterocycles. The van der Waals surface area contributed by atoms with E-state index < -0.39 is 0 Å². The molecule has 1 fully saturated rings. The molecule has 0 aromatic carbocycles. The lowest BCUT2D eigenvalue weighted by molar-refractivity contribution is 0.161. The van der Waals surface area contributed by atoms with Gasteiger partial charge in [-0.2, -0.15) is 0 Å². The van der Waals surface area contributed by atoms with E-state index in [1.807, 2.05) is 0 Å². The number of rotatable bonds is 1. The summed E-state index contributed by atoms with van der Waals surface area (Å²) in [4.78, 5) is 2.19. The zero-order valence-electron chi connectivity index (χ0n) is 6.85. The first-order valence-corrected chi connectivity index (χ1v) is 4.76. The molecule has 2 nitrogen and oxygen atoms in total. The molecule has 0 aromatic heterocycles. The first-order chi connectivity index (χ1) is 5.11. The van der Waals surface area contributed by atoms with Gasteiger partial charge in [-0.05, 0) is 13.8 Å². The molecule has 1 heterocycles. The molecule has 0 bridgehead atoms. The van der Waals surface area contributed by atoms with Crippen LogP contribution in [0.4, 0.5) is 0 Å². The number of piperazine rings is 1. The number of nitrogens with zero attached hydrogens (tertiary/aromatic N) is 1. The molecule has 1 aliphatic rings. The predicted octanol–water partition coefficient (Wildman–Crippen LogP) is 1.43. The van der Waals surface area contributed by atoms with E-state index in [9.17, 15) is 0 Å². The summed E-state index contributed by atoms with van der Waals surface area (Å²) >= 11 is 12.0. The average Bonchev–Trinajstić information content (AvgIpc) is 1.94. The zero-order valence-corrected chi connectivity index (χ0v) is 8.36. The van der Waals surface area contributed by atoms with E-state index in [1.165, 1.54) is 0 Å². The van der Waals surface area contributed by atoms with Gasteiger partial charge >= 0.3 is 0 Å². The SMILES string of the molecule is CC(C)N1CC(Cl)NCC1Cl. The van der Waals surface area contributed by atoms with Gasteiger partial charge in [-0.1, -0.05) is 0 Å². The highest BCUT2D eigenvalue weighted by molar-refractivity contribution is 6.22. The van der Waals surface area contributed by atoms with Gasteiger partial charge in [0.05, 0.1) is 11.0 Å². The zero-order chi connectivity index (χ0) is 8.43. The molecular formula is C7H14Cl2N2. The Hall–Kier alpha value is 0.500. The monoisotopic (exact) mass is 196 g/mol. The van der Waals surface area contributed by atoms with E-state index in [2.05, 4.69) is 24.1 Å². The lowest BCUT2D eigenvalue weighted by atomic mass is 10.2. The third-order valence-electron chi connectivity index (χ3n) is 1.90. The van der Waals surface area contributed by atoms with E-state index in [4.69, 9.17) is 23.2 Å². The Morgan fingerprint density at radius 3 is 2.55 bits per heavy atom. The van der Waals surface area contributed by atoms with Crippen LogP contribution in [0.3, 0.4) is 0 Å². The third kappa shape index (κ3) is 2.48. The molecule has 11 heavy (non-hydrogen) atoms. The maximum Gasteiger partial charge on any atom is 0.0980 e. The summed E-state index contributed by atoms with van der Waals surface area (Å²) in [5.74, 6) is 0. The van der Waals surface area contributed by atoms with Crippen molar-refractivity contribution in [1.29, 1.82) is 0 Å². The van der Waals surface area contributed by atoms with Crippen LogP contribution >= 0.6 is 23.2 Å². The molecule has 0 saturated carbocycles. The first-order valence-electron chi connectivity index (χ1n) is 3.88. The van der Waals surface area contributed by atoms with Crippen LogP contribution in [0.1, 0.15) is 13.8 Å². The summed E-state index contributed by atoms with van der Waals surface area (Å²) in [5, 5.41) is 3.11. The average molecular weight is 197 g/mol. The molecule has 0 radical (unpaired) electrons. The van der Waals surface area contributed by atoms with Gasteiger partial charge in [0.25, 0.3) is 0 Å². The van der Waals surface area contributed by atoms with Crippen LogP contribution in [0.2, 0.25) is 0 Å². The summed E-state index contributed by atoms with van der Waals surface area (Å²) in [7, 11) is 0. The summed E-state index contributed by atoms with van der Waals surface area (Å²) < 4.78 is 0. The topological polar surface area (TPSA) is 15.3 Å². The van der Waals surface area contributed by atoms with Crippen molar-refractivity contribution >= 4 is 23.2 Å². The molecule has 0 aliphatic carbocycles. The maximum atomic E-state index is 6.05. The number of hydrogen-bond donors (Lipinski definition) is 1. The maximum absolute atomic E-state index is 6.05. The molecule has 0 spiro atoms. The second-order valence-corrected chi connectivity index (χ2v) is 4.13. The fraction of sp³-hybridized carbons (Fsp3) is 1.00. The van der Waals surface area contributed by atoms with Crippen molar-refractivity contribution in [3.05, 3.63) is 0 Å². The summed E-state index contributed by atoms with van der Waals surface area (Å²) in [6.45, 7) is 5.86. The van der Waals surface area contributed by atoms with Gasteiger partial charge in [-0.15, -0.1) is 23.2 Å². The highest BCUT2D eigenvalue weighted by Gasteiger charge is 2.26. The quantitative estimate of drug-likeness (QED) is 0.505. The van der Waals surface area contributed by atoms with Crippen LogP contribution in [0.15, 0.2) is 0 Å². The van der Waals surface area contributed by atoms with E-state index in [0.717, 1.165) is 13.1 Å². The van der Waals surface area contributed by atoms with Gasteiger partial charge in [0.2, 0.25) is 0 Å². The standard InChI is InChI=1S/C7H14Cl2N2/c1-5(2)11-4-6(8)10-3-7(11)9/h5-7,10H,3-4H2,1-2H3. The summed E-state index contributed by atoms with van der Waals surface area (Å²) in [5.41, 5.74) is 0.136. The number of halogens is 2.